The lowest BCUT2D eigenvalue weighted by Crippen LogP contribution is -2.47. The maximum Gasteiger partial charge on any atom is 0.258 e. The van der Waals surface area contributed by atoms with Gasteiger partial charge in [-0.3, -0.25) is 14.6 Å². The minimum absolute atomic E-state index is 0.272. The van der Waals surface area contributed by atoms with E-state index in [2.05, 4.69) is 15.4 Å². The zero-order chi connectivity index (χ0) is 24.8. The summed E-state index contributed by atoms with van der Waals surface area (Å²) in [5.74, 6) is -0.854. The van der Waals surface area contributed by atoms with Gasteiger partial charge in [0.2, 0.25) is 11.8 Å². The van der Waals surface area contributed by atoms with Crippen LogP contribution in [0.2, 0.25) is 10.0 Å². The molecule has 0 unspecified atom stereocenters. The first-order valence-corrected chi connectivity index (χ1v) is 11.4. The fourth-order valence-corrected chi connectivity index (χ4v) is 3.66. The summed E-state index contributed by atoms with van der Waals surface area (Å²) in [5.41, 5.74) is 8.30. The smallest absolute Gasteiger partial charge is 0.258 e. The number of rotatable bonds is 9. The van der Waals surface area contributed by atoms with Crippen LogP contribution in [0.5, 0.6) is 5.88 Å². The van der Waals surface area contributed by atoms with Crippen molar-refractivity contribution in [1.82, 2.24) is 20.1 Å². The van der Waals surface area contributed by atoms with Crippen molar-refractivity contribution in [2.75, 3.05) is 6.61 Å². The number of benzene rings is 2. The summed E-state index contributed by atoms with van der Waals surface area (Å²) in [7, 11) is 0. The molecule has 2 amide bonds. The highest BCUT2D eigenvalue weighted by Crippen LogP contribution is 2.29. The highest BCUT2D eigenvalue weighted by atomic mass is 35.5. The van der Waals surface area contributed by atoms with Crippen molar-refractivity contribution >= 4 is 35.0 Å². The van der Waals surface area contributed by atoms with Crippen LogP contribution >= 0.6 is 23.2 Å². The molecule has 2 aromatic heterocycles. The number of hydrogen-bond donors (Lipinski definition) is 2. The molecule has 178 valence electrons. The number of amides is 2. The molecule has 4 aromatic rings. The molecule has 1 atom stereocenters. The molecule has 35 heavy (non-hydrogen) atoms. The normalized spacial score (nSPS) is 11.6. The molecule has 2 aromatic carbocycles. The Morgan fingerprint density at radius 2 is 1.83 bits per heavy atom. The second-order valence-corrected chi connectivity index (χ2v) is 8.43. The molecule has 3 N–H and O–H groups in total. The first-order chi connectivity index (χ1) is 16.9. The highest BCUT2D eigenvalue weighted by molar-refractivity contribution is 6.42. The quantitative estimate of drug-likeness (QED) is 0.356. The average Bonchev–Trinajstić information content (AvgIpc) is 3.29. The molecule has 0 spiro atoms. The summed E-state index contributed by atoms with van der Waals surface area (Å²) in [6.45, 7) is -0.363. The molecule has 0 aliphatic rings. The largest absolute Gasteiger partial charge is 0.467 e. The van der Waals surface area contributed by atoms with Gasteiger partial charge in [0.15, 0.2) is 6.61 Å². The average molecular weight is 510 g/mol. The predicted molar refractivity (Wildman–Crippen MR) is 134 cm³/mol. The van der Waals surface area contributed by atoms with Gasteiger partial charge >= 0.3 is 0 Å². The molecule has 0 fully saturated rings. The standard InChI is InChI=1S/C25H21Cl2N5O3/c26-19-9-8-18(12-20(19)27)32-24(13-21(31-32)17-7-4-10-29-14-17)35-15-23(33)30-22(25(28)34)11-16-5-2-1-3-6-16/h1-10,12-14,22H,11,15H2,(H2,28,34)(H,30,33)/t22-/m0/s1. The summed E-state index contributed by atoms with van der Waals surface area (Å²) in [6.07, 6.45) is 3.60. The van der Waals surface area contributed by atoms with E-state index in [9.17, 15) is 9.59 Å². The van der Waals surface area contributed by atoms with Crippen LogP contribution in [0, 0.1) is 0 Å². The first-order valence-electron chi connectivity index (χ1n) is 10.6. The van der Waals surface area contributed by atoms with Gasteiger partial charge in [0, 0.05) is 30.4 Å². The van der Waals surface area contributed by atoms with E-state index in [-0.39, 0.29) is 18.9 Å². The Bertz CT molecular complexity index is 1330. The van der Waals surface area contributed by atoms with Crippen molar-refractivity contribution in [2.45, 2.75) is 12.5 Å². The molecule has 0 aliphatic carbocycles. The molecule has 0 saturated carbocycles. The van der Waals surface area contributed by atoms with Crippen molar-refractivity contribution < 1.29 is 14.3 Å². The summed E-state index contributed by atoms with van der Waals surface area (Å²) in [5, 5.41) is 7.96. The number of nitrogens with zero attached hydrogens (tertiary/aromatic N) is 3. The van der Waals surface area contributed by atoms with Gasteiger partial charge in [0.05, 0.1) is 21.4 Å². The lowest BCUT2D eigenvalue weighted by atomic mass is 10.1. The van der Waals surface area contributed by atoms with Crippen LogP contribution in [0.25, 0.3) is 16.9 Å². The number of nitrogens with two attached hydrogens (primary N) is 1. The minimum Gasteiger partial charge on any atom is -0.467 e. The number of carbonyl (C=O) groups is 2. The number of nitrogens with one attached hydrogen (secondary N) is 1. The summed E-state index contributed by atoms with van der Waals surface area (Å²) >= 11 is 12.2. The van der Waals surface area contributed by atoms with Crippen molar-refractivity contribution in [1.29, 1.82) is 0 Å². The molecular formula is C25H21Cl2N5O3. The Balaban J connectivity index is 1.53. The number of pyridine rings is 1. The monoisotopic (exact) mass is 509 g/mol. The van der Waals surface area contributed by atoms with Crippen molar-refractivity contribution in [2.24, 2.45) is 5.73 Å². The van der Waals surface area contributed by atoms with Crippen LogP contribution in [0.3, 0.4) is 0 Å². The molecule has 8 nitrogen and oxygen atoms in total. The van der Waals surface area contributed by atoms with Gasteiger partial charge in [-0.05, 0) is 35.9 Å². The van der Waals surface area contributed by atoms with E-state index in [0.29, 0.717) is 21.4 Å². The summed E-state index contributed by atoms with van der Waals surface area (Å²) in [4.78, 5) is 28.6. The maximum atomic E-state index is 12.6. The minimum atomic E-state index is -0.876. The van der Waals surface area contributed by atoms with E-state index in [1.807, 2.05) is 36.4 Å². The van der Waals surface area contributed by atoms with Gasteiger partial charge in [-0.2, -0.15) is 5.10 Å². The lowest BCUT2D eigenvalue weighted by Gasteiger charge is -2.16. The molecular weight excluding hydrogens is 489 g/mol. The van der Waals surface area contributed by atoms with Crippen LogP contribution in [-0.2, 0) is 16.0 Å². The molecule has 4 rings (SSSR count). The van der Waals surface area contributed by atoms with Crippen molar-refractivity contribution in [3.63, 3.8) is 0 Å². The Hall–Kier alpha value is -3.88. The van der Waals surface area contributed by atoms with Crippen molar-refractivity contribution in [3.05, 3.63) is 94.7 Å². The Kier molecular flexibility index (Phi) is 7.64. The zero-order valence-corrected chi connectivity index (χ0v) is 19.9. The number of ether oxygens (including phenoxy) is 1. The van der Waals surface area contributed by atoms with Crippen LogP contribution in [-0.4, -0.2) is 39.2 Å². The SMILES string of the molecule is NC(=O)[C@H](Cc1ccccc1)NC(=O)COc1cc(-c2cccnc2)nn1-c1ccc(Cl)c(Cl)c1. The number of carbonyl (C=O) groups excluding carboxylic acids is 2. The molecule has 0 saturated heterocycles. The van der Waals surface area contributed by atoms with Gasteiger partial charge < -0.3 is 15.8 Å². The van der Waals surface area contributed by atoms with E-state index in [1.54, 1.807) is 42.7 Å². The van der Waals surface area contributed by atoms with E-state index in [0.717, 1.165) is 11.1 Å². The number of primary amides is 1. The second kappa shape index (κ2) is 11.0. The third-order valence-corrected chi connectivity index (χ3v) is 5.83. The van der Waals surface area contributed by atoms with Crippen molar-refractivity contribution in [3.8, 4) is 22.8 Å². The fraction of sp³-hybridized carbons (Fsp3) is 0.120. The summed E-state index contributed by atoms with van der Waals surface area (Å²) < 4.78 is 7.30. The van der Waals surface area contributed by atoms with Crippen LogP contribution in [0.1, 0.15) is 5.56 Å². The fourth-order valence-electron chi connectivity index (χ4n) is 3.37. The molecule has 0 radical (unpaired) electrons. The Morgan fingerprint density at radius 3 is 2.51 bits per heavy atom. The first kappa shape index (κ1) is 24.3. The van der Waals surface area contributed by atoms with Gasteiger partial charge in [-0.25, -0.2) is 4.68 Å². The van der Waals surface area contributed by atoms with Crippen LogP contribution in [0.15, 0.2) is 79.1 Å². The number of aromatic nitrogens is 3. The van der Waals surface area contributed by atoms with Gasteiger partial charge in [0.1, 0.15) is 6.04 Å². The third kappa shape index (κ3) is 6.17. The Morgan fingerprint density at radius 1 is 1.03 bits per heavy atom. The molecule has 2 heterocycles. The van der Waals surface area contributed by atoms with Gasteiger partial charge in [-0.15, -0.1) is 0 Å². The van der Waals surface area contributed by atoms with E-state index in [1.165, 1.54) is 4.68 Å². The number of hydrogen-bond acceptors (Lipinski definition) is 5. The third-order valence-electron chi connectivity index (χ3n) is 5.09. The predicted octanol–water partition coefficient (Wildman–Crippen LogP) is 3.83. The van der Waals surface area contributed by atoms with E-state index in [4.69, 9.17) is 33.7 Å². The molecule has 10 heteroatoms. The molecule has 0 bridgehead atoms. The zero-order valence-electron chi connectivity index (χ0n) is 18.4. The van der Waals surface area contributed by atoms with Gasteiger partial charge in [-0.1, -0.05) is 53.5 Å². The summed E-state index contributed by atoms with van der Waals surface area (Å²) in [6, 6.07) is 18.7. The van der Waals surface area contributed by atoms with Gasteiger partial charge in [0.25, 0.3) is 5.91 Å². The van der Waals surface area contributed by atoms with E-state index >= 15 is 0 Å². The second-order valence-electron chi connectivity index (χ2n) is 7.62. The van der Waals surface area contributed by atoms with Crippen LogP contribution in [0.4, 0.5) is 0 Å². The maximum absolute atomic E-state index is 12.6. The van der Waals surface area contributed by atoms with E-state index < -0.39 is 17.9 Å². The Labute approximate surface area is 211 Å². The number of halogens is 2. The topological polar surface area (TPSA) is 112 Å². The molecule has 0 aliphatic heterocycles. The van der Waals surface area contributed by atoms with Crippen LogP contribution < -0.4 is 15.8 Å². The highest BCUT2D eigenvalue weighted by Gasteiger charge is 2.20. The lowest BCUT2D eigenvalue weighted by molar-refractivity contribution is -0.128.